The van der Waals surface area contributed by atoms with Gasteiger partial charge in [0.1, 0.15) is 0 Å². The van der Waals surface area contributed by atoms with Gasteiger partial charge in [-0.3, -0.25) is 0 Å². The van der Waals surface area contributed by atoms with Gasteiger partial charge in [0.15, 0.2) is 0 Å². The Balaban J connectivity index is 1.11. The number of rotatable bonds is 8. The van der Waals surface area contributed by atoms with E-state index in [0.717, 1.165) is 0 Å². The maximum absolute atomic E-state index is 2.44. The van der Waals surface area contributed by atoms with E-state index in [2.05, 4.69) is 241 Å². The molecular formula is C55H39N. The van der Waals surface area contributed by atoms with Gasteiger partial charge in [0.2, 0.25) is 0 Å². The smallest absolute Gasteiger partial charge is 0.0701 e. The van der Waals surface area contributed by atoms with Crippen molar-refractivity contribution in [3.63, 3.8) is 0 Å². The standard InChI is InChI=1S/C55H39N/c1-5-17-40(18-6-1)29-30-41-31-37-54-51(39-41)50-27-15-16-28-52(50)56(54)53-38-36-47(48-25-13-14-26-49(48)53)42-32-34-46(35-33-42)55(43-19-7-2-8-20-43,44-21-9-3-10-22-44)45-23-11-4-12-24-45/h1-39H. The highest BCUT2D eigenvalue weighted by Crippen LogP contribution is 2.46. The Morgan fingerprint density at radius 3 is 1.43 bits per heavy atom. The first-order chi connectivity index (χ1) is 27.8. The molecule has 264 valence electrons. The van der Waals surface area contributed by atoms with E-state index >= 15 is 0 Å². The van der Waals surface area contributed by atoms with Crippen LogP contribution in [0, 0.1) is 0 Å². The molecule has 0 saturated carbocycles. The molecule has 0 aliphatic heterocycles. The number of benzene rings is 9. The van der Waals surface area contributed by atoms with Crippen LogP contribution in [0.2, 0.25) is 0 Å². The number of para-hydroxylation sites is 1. The summed E-state index contributed by atoms with van der Waals surface area (Å²) in [5.41, 5.74) is 12.8. The van der Waals surface area contributed by atoms with Crippen LogP contribution < -0.4 is 0 Å². The van der Waals surface area contributed by atoms with E-state index in [9.17, 15) is 0 Å². The quantitative estimate of drug-likeness (QED) is 0.109. The number of hydrogen-bond acceptors (Lipinski definition) is 0. The van der Waals surface area contributed by atoms with Crippen molar-refractivity contribution in [1.29, 1.82) is 0 Å². The molecule has 1 nitrogen and oxygen atoms in total. The van der Waals surface area contributed by atoms with Gasteiger partial charge in [-0.1, -0.05) is 212 Å². The normalized spacial score (nSPS) is 11.9. The second-order valence-corrected chi connectivity index (χ2v) is 14.5. The lowest BCUT2D eigenvalue weighted by Crippen LogP contribution is -2.30. The van der Waals surface area contributed by atoms with Crippen molar-refractivity contribution < 1.29 is 0 Å². The molecule has 56 heavy (non-hydrogen) atoms. The van der Waals surface area contributed by atoms with Gasteiger partial charge < -0.3 is 4.57 Å². The first-order valence-electron chi connectivity index (χ1n) is 19.3. The Labute approximate surface area is 328 Å². The van der Waals surface area contributed by atoms with Gasteiger partial charge in [-0.25, -0.2) is 0 Å². The minimum absolute atomic E-state index is 0.484. The van der Waals surface area contributed by atoms with Gasteiger partial charge >= 0.3 is 0 Å². The van der Waals surface area contributed by atoms with E-state index in [1.165, 1.54) is 82.8 Å². The van der Waals surface area contributed by atoms with E-state index in [-0.39, 0.29) is 0 Å². The fourth-order valence-corrected chi connectivity index (χ4v) is 8.80. The number of fused-ring (bicyclic) bond motifs is 4. The largest absolute Gasteiger partial charge is 0.309 e. The van der Waals surface area contributed by atoms with Crippen LogP contribution in [0.3, 0.4) is 0 Å². The minimum atomic E-state index is -0.484. The second kappa shape index (κ2) is 14.2. The summed E-state index contributed by atoms with van der Waals surface area (Å²) >= 11 is 0. The molecule has 9 aromatic carbocycles. The summed E-state index contributed by atoms with van der Waals surface area (Å²) in [6.45, 7) is 0. The zero-order chi connectivity index (χ0) is 37.3. The van der Waals surface area contributed by atoms with Crippen LogP contribution in [0.5, 0.6) is 0 Å². The van der Waals surface area contributed by atoms with E-state index in [1.54, 1.807) is 0 Å². The monoisotopic (exact) mass is 713 g/mol. The molecule has 0 bridgehead atoms. The summed E-state index contributed by atoms with van der Waals surface area (Å²) in [7, 11) is 0. The third-order valence-corrected chi connectivity index (χ3v) is 11.4. The van der Waals surface area contributed by atoms with Gasteiger partial charge in [0.05, 0.1) is 22.1 Å². The summed E-state index contributed by atoms with van der Waals surface area (Å²) in [4.78, 5) is 0. The van der Waals surface area contributed by atoms with Crippen LogP contribution in [0.4, 0.5) is 0 Å². The Hall–Kier alpha value is -7.22. The predicted molar refractivity (Wildman–Crippen MR) is 237 cm³/mol. The fraction of sp³-hybridized carbons (Fsp3) is 0.0182. The topological polar surface area (TPSA) is 4.93 Å². The fourth-order valence-electron chi connectivity index (χ4n) is 8.80. The highest BCUT2D eigenvalue weighted by atomic mass is 15.0. The summed E-state index contributed by atoms with van der Waals surface area (Å²) in [5, 5.41) is 4.95. The van der Waals surface area contributed by atoms with Gasteiger partial charge in [0, 0.05) is 16.2 Å². The average Bonchev–Trinajstić information content (AvgIpc) is 3.61. The summed E-state index contributed by atoms with van der Waals surface area (Å²) in [6, 6.07) is 81.6. The Bertz CT molecular complexity index is 2880. The van der Waals surface area contributed by atoms with E-state index in [1.807, 2.05) is 0 Å². The molecule has 0 amide bonds. The van der Waals surface area contributed by atoms with Gasteiger partial charge in [0.25, 0.3) is 0 Å². The Morgan fingerprint density at radius 2 is 0.804 bits per heavy atom. The number of hydrogen-bond donors (Lipinski definition) is 0. The molecule has 0 fully saturated rings. The van der Waals surface area contributed by atoms with E-state index in [4.69, 9.17) is 0 Å². The maximum Gasteiger partial charge on any atom is 0.0701 e. The van der Waals surface area contributed by atoms with Crippen LogP contribution in [0.15, 0.2) is 224 Å². The molecule has 1 heteroatoms. The number of aromatic nitrogens is 1. The molecule has 0 spiro atoms. The lowest BCUT2D eigenvalue weighted by Gasteiger charge is -2.37. The van der Waals surface area contributed by atoms with E-state index in [0.29, 0.717) is 0 Å². The molecule has 1 heterocycles. The second-order valence-electron chi connectivity index (χ2n) is 14.5. The van der Waals surface area contributed by atoms with Crippen molar-refractivity contribution in [3.8, 4) is 16.8 Å². The highest BCUT2D eigenvalue weighted by molar-refractivity contribution is 6.12. The van der Waals surface area contributed by atoms with E-state index < -0.39 is 5.41 Å². The molecule has 0 radical (unpaired) electrons. The first-order valence-corrected chi connectivity index (χ1v) is 19.3. The first kappa shape index (κ1) is 33.4. The van der Waals surface area contributed by atoms with Crippen molar-refractivity contribution >= 4 is 44.7 Å². The molecule has 10 aromatic rings. The summed E-state index contributed by atoms with van der Waals surface area (Å²) in [6.07, 6.45) is 4.39. The molecule has 0 aliphatic rings. The molecule has 0 unspecified atom stereocenters. The van der Waals surface area contributed by atoms with Crippen molar-refractivity contribution in [3.05, 3.63) is 258 Å². The molecule has 0 N–H and O–H groups in total. The summed E-state index contributed by atoms with van der Waals surface area (Å²) in [5.74, 6) is 0. The lowest BCUT2D eigenvalue weighted by atomic mass is 9.65. The van der Waals surface area contributed by atoms with Crippen LogP contribution in [-0.4, -0.2) is 4.57 Å². The lowest BCUT2D eigenvalue weighted by molar-refractivity contribution is 0.745. The van der Waals surface area contributed by atoms with Gasteiger partial charge in [-0.15, -0.1) is 0 Å². The van der Waals surface area contributed by atoms with Crippen LogP contribution >= 0.6 is 0 Å². The Kier molecular flexibility index (Phi) is 8.46. The van der Waals surface area contributed by atoms with Crippen molar-refractivity contribution in [2.75, 3.05) is 0 Å². The third kappa shape index (κ3) is 5.65. The van der Waals surface area contributed by atoms with Gasteiger partial charge in [-0.05, 0) is 74.2 Å². The maximum atomic E-state index is 2.44. The van der Waals surface area contributed by atoms with Gasteiger partial charge in [-0.2, -0.15) is 0 Å². The molecule has 10 rings (SSSR count). The van der Waals surface area contributed by atoms with Crippen molar-refractivity contribution in [2.24, 2.45) is 0 Å². The zero-order valence-corrected chi connectivity index (χ0v) is 31.0. The SMILES string of the molecule is C(=Cc1ccc2c(c1)c1ccccc1n2-c1ccc(-c2ccc(C(c3ccccc3)(c3ccccc3)c3ccccc3)cc2)c2ccccc12)c1ccccc1. The predicted octanol–water partition coefficient (Wildman–Crippen LogP) is 14.2. The van der Waals surface area contributed by atoms with Crippen molar-refractivity contribution in [2.45, 2.75) is 5.41 Å². The molecule has 0 atom stereocenters. The van der Waals surface area contributed by atoms with Crippen molar-refractivity contribution in [1.82, 2.24) is 4.57 Å². The average molecular weight is 714 g/mol. The zero-order valence-electron chi connectivity index (χ0n) is 31.0. The molecular weight excluding hydrogens is 675 g/mol. The number of nitrogens with zero attached hydrogens (tertiary/aromatic N) is 1. The Morgan fingerprint density at radius 1 is 0.321 bits per heavy atom. The van der Waals surface area contributed by atoms with Crippen LogP contribution in [-0.2, 0) is 5.41 Å². The molecule has 0 aliphatic carbocycles. The molecule has 1 aromatic heterocycles. The van der Waals surface area contributed by atoms with Crippen LogP contribution in [0.1, 0.15) is 33.4 Å². The third-order valence-electron chi connectivity index (χ3n) is 11.4. The minimum Gasteiger partial charge on any atom is -0.309 e. The molecule has 0 saturated heterocycles. The van der Waals surface area contributed by atoms with Crippen LogP contribution in [0.25, 0.3) is 61.5 Å². The summed E-state index contributed by atoms with van der Waals surface area (Å²) < 4.78 is 2.44. The highest BCUT2D eigenvalue weighted by Gasteiger charge is 2.38.